The van der Waals surface area contributed by atoms with Crippen molar-refractivity contribution >= 4 is 29.8 Å². The fraction of sp³-hybridized carbons (Fsp3) is 0.294. The summed E-state index contributed by atoms with van der Waals surface area (Å²) in [6, 6.07) is 9.13. The van der Waals surface area contributed by atoms with Gasteiger partial charge in [0.25, 0.3) is 0 Å². The Kier molecular flexibility index (Phi) is 3.85. The number of benzene rings is 1. The number of pyridine rings is 1. The van der Waals surface area contributed by atoms with Crippen LogP contribution in [-0.4, -0.2) is 23.2 Å². The van der Waals surface area contributed by atoms with Crippen molar-refractivity contribution in [3.8, 4) is 5.88 Å². The molecular weight excluding hydrogens is 305 g/mol. The van der Waals surface area contributed by atoms with Crippen molar-refractivity contribution in [1.29, 1.82) is 0 Å². The van der Waals surface area contributed by atoms with Gasteiger partial charge in [0.1, 0.15) is 5.82 Å². The quantitative estimate of drug-likeness (QED) is 0.669. The number of ether oxygens (including phenoxy) is 1. The van der Waals surface area contributed by atoms with Gasteiger partial charge in [-0.05, 0) is 54.6 Å². The molecule has 0 bridgehead atoms. The Bertz CT molecular complexity index is 817. The highest BCUT2D eigenvalue weighted by Gasteiger charge is 2.27. The molecule has 0 saturated heterocycles. The molecule has 1 aromatic carbocycles. The fourth-order valence-electron chi connectivity index (χ4n) is 2.78. The van der Waals surface area contributed by atoms with Gasteiger partial charge < -0.3 is 19.7 Å². The topological polar surface area (TPSA) is 68.0 Å². The molecule has 0 unspecified atom stereocenters. The summed E-state index contributed by atoms with van der Waals surface area (Å²) in [7, 11) is -0.840. The standard InChI is InChI=1S/C17H16BN3O3/c1-19-15-7-8-16(21-17(15)24-13-3-2-4-13)20-12-5-6-14-11(9-12)10-23-18(14)22/h5-9,13,22H,2-4,10H2,(H,20,21). The second-order valence-electron chi connectivity index (χ2n) is 6.01. The number of anilines is 2. The molecule has 2 aromatic rings. The molecule has 6 nitrogen and oxygen atoms in total. The summed E-state index contributed by atoms with van der Waals surface area (Å²) in [5, 5.41) is 12.9. The Labute approximate surface area is 140 Å². The fourth-order valence-corrected chi connectivity index (χ4v) is 2.78. The first-order valence-corrected chi connectivity index (χ1v) is 7.97. The first kappa shape index (κ1) is 15.0. The van der Waals surface area contributed by atoms with Crippen molar-refractivity contribution in [1.82, 2.24) is 4.98 Å². The van der Waals surface area contributed by atoms with Crippen LogP contribution in [0.1, 0.15) is 24.8 Å². The highest BCUT2D eigenvalue weighted by Crippen LogP contribution is 2.32. The average molecular weight is 321 g/mol. The Balaban J connectivity index is 1.56. The van der Waals surface area contributed by atoms with Crippen LogP contribution in [0.3, 0.4) is 0 Å². The van der Waals surface area contributed by atoms with Crippen molar-refractivity contribution in [2.75, 3.05) is 5.32 Å². The van der Waals surface area contributed by atoms with Crippen molar-refractivity contribution < 1.29 is 14.4 Å². The number of fused-ring (bicyclic) bond motifs is 1. The zero-order valence-electron chi connectivity index (χ0n) is 13.0. The zero-order chi connectivity index (χ0) is 16.5. The van der Waals surface area contributed by atoms with Gasteiger partial charge in [-0.1, -0.05) is 6.07 Å². The summed E-state index contributed by atoms with van der Waals surface area (Å²) in [4.78, 5) is 7.92. The third-order valence-electron chi connectivity index (χ3n) is 4.37. The van der Waals surface area contributed by atoms with Crippen LogP contribution < -0.4 is 15.5 Å². The Morgan fingerprint density at radius 3 is 2.96 bits per heavy atom. The van der Waals surface area contributed by atoms with Gasteiger partial charge in [-0.3, -0.25) is 0 Å². The Hall–Kier alpha value is -2.56. The van der Waals surface area contributed by atoms with Crippen LogP contribution >= 0.6 is 0 Å². The largest absolute Gasteiger partial charge is 0.491 e. The maximum absolute atomic E-state index is 9.67. The SMILES string of the molecule is [C-]#[N+]c1ccc(Nc2ccc3c(c2)COB3O)nc1OC1CCC1. The minimum Gasteiger partial charge on any atom is -0.483 e. The van der Waals surface area contributed by atoms with Gasteiger partial charge in [-0.25, -0.2) is 9.83 Å². The summed E-state index contributed by atoms with van der Waals surface area (Å²) in [5.74, 6) is 1.01. The molecule has 7 heteroatoms. The zero-order valence-corrected chi connectivity index (χ0v) is 13.0. The number of aromatic nitrogens is 1. The lowest BCUT2D eigenvalue weighted by Gasteiger charge is -2.26. The molecule has 24 heavy (non-hydrogen) atoms. The van der Waals surface area contributed by atoms with Crippen molar-refractivity contribution in [3.63, 3.8) is 0 Å². The summed E-state index contributed by atoms with van der Waals surface area (Å²) in [6.45, 7) is 7.64. The number of nitrogens with one attached hydrogen (secondary N) is 1. The minimum atomic E-state index is -0.840. The van der Waals surface area contributed by atoms with E-state index in [9.17, 15) is 5.02 Å². The van der Waals surface area contributed by atoms with Crippen LogP contribution in [0.5, 0.6) is 5.88 Å². The van der Waals surface area contributed by atoms with E-state index in [1.54, 1.807) is 12.1 Å². The maximum atomic E-state index is 9.67. The van der Waals surface area contributed by atoms with Crippen LogP contribution in [0, 0.1) is 6.57 Å². The molecule has 2 aliphatic rings. The molecule has 1 aliphatic carbocycles. The molecule has 2 heterocycles. The number of rotatable bonds is 4. The molecule has 0 spiro atoms. The average Bonchev–Trinajstić information content (AvgIpc) is 2.92. The maximum Gasteiger partial charge on any atom is 0.491 e. The van der Waals surface area contributed by atoms with Gasteiger partial charge in [0.2, 0.25) is 11.6 Å². The Morgan fingerprint density at radius 2 is 2.21 bits per heavy atom. The molecule has 0 radical (unpaired) electrons. The molecule has 0 amide bonds. The van der Waals surface area contributed by atoms with Crippen LogP contribution in [0.4, 0.5) is 17.2 Å². The molecular formula is C17H16BN3O3. The van der Waals surface area contributed by atoms with Crippen molar-refractivity contribution in [2.24, 2.45) is 0 Å². The molecule has 1 saturated carbocycles. The van der Waals surface area contributed by atoms with E-state index in [-0.39, 0.29) is 6.10 Å². The molecule has 1 aromatic heterocycles. The number of hydrogen-bond donors (Lipinski definition) is 2. The van der Waals surface area contributed by atoms with Crippen LogP contribution in [-0.2, 0) is 11.3 Å². The van der Waals surface area contributed by atoms with Crippen LogP contribution in [0.2, 0.25) is 0 Å². The third kappa shape index (κ3) is 2.82. The normalized spacial score (nSPS) is 16.2. The van der Waals surface area contributed by atoms with E-state index in [2.05, 4.69) is 15.1 Å². The lowest BCUT2D eigenvalue weighted by Crippen LogP contribution is -2.27. The van der Waals surface area contributed by atoms with Gasteiger partial charge in [-0.15, -0.1) is 0 Å². The van der Waals surface area contributed by atoms with Gasteiger partial charge >= 0.3 is 7.12 Å². The second kappa shape index (κ2) is 6.15. The number of nitrogens with zero attached hydrogens (tertiary/aromatic N) is 2. The van der Waals surface area contributed by atoms with Gasteiger partial charge in [-0.2, -0.15) is 0 Å². The summed E-state index contributed by atoms with van der Waals surface area (Å²) < 4.78 is 11.0. The monoisotopic (exact) mass is 321 g/mol. The first-order valence-electron chi connectivity index (χ1n) is 7.97. The summed E-state index contributed by atoms with van der Waals surface area (Å²) >= 11 is 0. The smallest absolute Gasteiger partial charge is 0.483 e. The molecule has 0 atom stereocenters. The lowest BCUT2D eigenvalue weighted by atomic mass is 9.79. The number of hydrogen-bond acceptors (Lipinski definition) is 5. The van der Waals surface area contributed by atoms with E-state index in [0.29, 0.717) is 24.0 Å². The van der Waals surface area contributed by atoms with E-state index in [0.717, 1.165) is 29.6 Å². The molecule has 2 N–H and O–H groups in total. The molecule has 120 valence electrons. The first-order chi connectivity index (χ1) is 11.7. The van der Waals surface area contributed by atoms with E-state index in [4.69, 9.17) is 16.0 Å². The van der Waals surface area contributed by atoms with E-state index < -0.39 is 7.12 Å². The second-order valence-corrected chi connectivity index (χ2v) is 6.01. The van der Waals surface area contributed by atoms with Crippen molar-refractivity contribution in [3.05, 3.63) is 47.3 Å². The Morgan fingerprint density at radius 1 is 1.33 bits per heavy atom. The van der Waals surface area contributed by atoms with Gasteiger partial charge in [0.05, 0.1) is 19.3 Å². The molecule has 1 fully saturated rings. The third-order valence-corrected chi connectivity index (χ3v) is 4.37. The predicted molar refractivity (Wildman–Crippen MR) is 90.9 cm³/mol. The molecule has 1 aliphatic heterocycles. The summed E-state index contributed by atoms with van der Waals surface area (Å²) in [6.07, 6.45) is 3.37. The predicted octanol–water partition coefficient (Wildman–Crippen LogP) is 2.52. The van der Waals surface area contributed by atoms with E-state index in [1.165, 1.54) is 6.42 Å². The lowest BCUT2D eigenvalue weighted by molar-refractivity contribution is 0.116. The van der Waals surface area contributed by atoms with E-state index in [1.807, 2.05) is 18.2 Å². The molecule has 4 rings (SSSR count). The summed E-state index contributed by atoms with van der Waals surface area (Å²) in [5.41, 5.74) is 3.03. The minimum absolute atomic E-state index is 0.173. The van der Waals surface area contributed by atoms with Gasteiger partial charge in [0.15, 0.2) is 0 Å². The van der Waals surface area contributed by atoms with Crippen molar-refractivity contribution in [2.45, 2.75) is 32.0 Å². The highest BCUT2D eigenvalue weighted by molar-refractivity contribution is 6.61. The van der Waals surface area contributed by atoms with Gasteiger partial charge in [0, 0.05) is 5.69 Å². The van der Waals surface area contributed by atoms with Crippen LogP contribution in [0.15, 0.2) is 30.3 Å². The van der Waals surface area contributed by atoms with Crippen LogP contribution in [0.25, 0.3) is 4.85 Å². The van der Waals surface area contributed by atoms with E-state index >= 15 is 0 Å². The highest BCUT2D eigenvalue weighted by atomic mass is 16.5.